The second-order valence-electron chi connectivity index (χ2n) is 8.81. The van der Waals surface area contributed by atoms with E-state index in [-0.39, 0.29) is 11.8 Å². The van der Waals surface area contributed by atoms with Crippen LogP contribution in [0.15, 0.2) is 24.3 Å². The van der Waals surface area contributed by atoms with Gasteiger partial charge in [-0.05, 0) is 45.2 Å². The summed E-state index contributed by atoms with van der Waals surface area (Å²) in [6.45, 7) is 6.09. The number of amides is 3. The van der Waals surface area contributed by atoms with E-state index in [1.54, 1.807) is 32.7 Å². The molecule has 1 aromatic carbocycles. The van der Waals surface area contributed by atoms with Gasteiger partial charge in [-0.2, -0.15) is 0 Å². The van der Waals surface area contributed by atoms with Crippen LogP contribution in [-0.2, 0) is 19.7 Å². The maximum atomic E-state index is 13.1. The molecular weight excluding hydrogens is 346 g/mol. The van der Waals surface area contributed by atoms with Crippen LogP contribution in [0.3, 0.4) is 0 Å². The summed E-state index contributed by atoms with van der Waals surface area (Å²) in [6.07, 6.45) is 0.745. The first-order valence-corrected chi connectivity index (χ1v) is 9.26. The number of nitrogens with one attached hydrogen (secondary N) is 1. The molecule has 1 aliphatic carbocycles. The third-order valence-electron chi connectivity index (χ3n) is 5.77. The topological polar surface area (TPSA) is 79.0 Å². The van der Waals surface area contributed by atoms with Crippen molar-refractivity contribution >= 4 is 23.6 Å². The molecule has 0 bridgehead atoms. The standard InChI is InChI=1S/C20H25N3O4/c1-18(2,3)27-17(26)22(4)20(9-10-20)16(25)23-11-19(12-23)13-7-5-6-8-14(13)21-15(19)24/h5-8H,9-12H2,1-4H3,(H,21,24). The number of carbonyl (C=O) groups is 3. The fourth-order valence-electron chi connectivity index (χ4n) is 4.05. The van der Waals surface area contributed by atoms with E-state index in [2.05, 4.69) is 5.32 Å². The van der Waals surface area contributed by atoms with E-state index in [1.165, 1.54) is 4.90 Å². The summed E-state index contributed by atoms with van der Waals surface area (Å²) in [6, 6.07) is 7.61. The Balaban J connectivity index is 1.48. The highest BCUT2D eigenvalue weighted by Crippen LogP contribution is 2.49. The first-order valence-electron chi connectivity index (χ1n) is 9.26. The molecule has 3 aliphatic rings. The first kappa shape index (κ1) is 17.8. The fourth-order valence-corrected chi connectivity index (χ4v) is 4.05. The van der Waals surface area contributed by atoms with E-state index in [4.69, 9.17) is 4.74 Å². The molecule has 144 valence electrons. The van der Waals surface area contributed by atoms with Crippen molar-refractivity contribution in [2.45, 2.75) is 50.2 Å². The smallest absolute Gasteiger partial charge is 0.410 e. The van der Waals surface area contributed by atoms with E-state index >= 15 is 0 Å². The molecular formula is C20H25N3O4. The van der Waals surface area contributed by atoms with Crippen LogP contribution in [0.5, 0.6) is 0 Å². The van der Waals surface area contributed by atoms with Gasteiger partial charge < -0.3 is 15.0 Å². The Morgan fingerprint density at radius 2 is 1.81 bits per heavy atom. The van der Waals surface area contributed by atoms with Gasteiger partial charge in [0, 0.05) is 25.8 Å². The van der Waals surface area contributed by atoms with Crippen LogP contribution in [-0.4, -0.2) is 59.0 Å². The Kier molecular flexibility index (Phi) is 3.61. The predicted molar refractivity (Wildman–Crippen MR) is 99.3 cm³/mol. The number of para-hydroxylation sites is 1. The van der Waals surface area contributed by atoms with Gasteiger partial charge >= 0.3 is 6.09 Å². The minimum Gasteiger partial charge on any atom is -0.444 e. The molecule has 2 aliphatic heterocycles. The molecule has 7 heteroatoms. The molecule has 7 nitrogen and oxygen atoms in total. The Labute approximate surface area is 158 Å². The van der Waals surface area contributed by atoms with Crippen molar-refractivity contribution < 1.29 is 19.1 Å². The minimum atomic E-state index is -0.835. The molecule has 0 aromatic heterocycles. The largest absolute Gasteiger partial charge is 0.444 e. The van der Waals surface area contributed by atoms with E-state index in [0.717, 1.165) is 11.3 Å². The maximum Gasteiger partial charge on any atom is 0.410 e. The number of nitrogens with zero attached hydrogens (tertiary/aromatic N) is 2. The number of rotatable bonds is 2. The van der Waals surface area contributed by atoms with E-state index in [0.29, 0.717) is 25.9 Å². The molecule has 27 heavy (non-hydrogen) atoms. The molecule has 0 atom stereocenters. The van der Waals surface area contributed by atoms with E-state index < -0.39 is 22.6 Å². The van der Waals surface area contributed by atoms with Crippen molar-refractivity contribution in [1.82, 2.24) is 9.80 Å². The summed E-state index contributed by atoms with van der Waals surface area (Å²) in [5.74, 6) is -0.156. The van der Waals surface area contributed by atoms with Gasteiger partial charge in [-0.1, -0.05) is 18.2 Å². The zero-order valence-corrected chi connectivity index (χ0v) is 16.2. The molecule has 3 amide bonds. The highest BCUT2D eigenvalue weighted by atomic mass is 16.6. The van der Waals surface area contributed by atoms with Gasteiger partial charge in [-0.3, -0.25) is 14.5 Å². The highest BCUT2D eigenvalue weighted by molar-refractivity contribution is 6.09. The van der Waals surface area contributed by atoms with Crippen LogP contribution in [0.25, 0.3) is 0 Å². The van der Waals surface area contributed by atoms with E-state index in [1.807, 2.05) is 24.3 Å². The molecule has 2 heterocycles. The third-order valence-corrected chi connectivity index (χ3v) is 5.77. The van der Waals surface area contributed by atoms with Crippen molar-refractivity contribution in [1.29, 1.82) is 0 Å². The average molecular weight is 371 g/mol. The van der Waals surface area contributed by atoms with Crippen molar-refractivity contribution in [2.24, 2.45) is 0 Å². The van der Waals surface area contributed by atoms with Crippen LogP contribution < -0.4 is 5.32 Å². The molecule has 2 fully saturated rings. The van der Waals surface area contributed by atoms with Crippen LogP contribution in [0.2, 0.25) is 0 Å². The molecule has 0 unspecified atom stereocenters. The van der Waals surface area contributed by atoms with Gasteiger partial charge in [-0.15, -0.1) is 0 Å². The predicted octanol–water partition coefficient (Wildman–Crippen LogP) is 2.12. The molecule has 1 saturated heterocycles. The highest BCUT2D eigenvalue weighted by Gasteiger charge is 2.63. The van der Waals surface area contributed by atoms with E-state index in [9.17, 15) is 14.4 Å². The Bertz CT molecular complexity index is 832. The number of hydrogen-bond acceptors (Lipinski definition) is 4. The SMILES string of the molecule is CN(C(=O)OC(C)(C)C)C1(C(=O)N2CC3(C2)C(=O)Nc2ccccc23)CC1. The number of hydrogen-bond donors (Lipinski definition) is 1. The lowest BCUT2D eigenvalue weighted by molar-refractivity contribution is -0.149. The fraction of sp³-hybridized carbons (Fsp3) is 0.550. The zero-order valence-electron chi connectivity index (χ0n) is 16.2. The second-order valence-corrected chi connectivity index (χ2v) is 8.81. The summed E-state index contributed by atoms with van der Waals surface area (Å²) in [7, 11) is 1.62. The van der Waals surface area contributed by atoms with Gasteiger partial charge in [0.15, 0.2) is 0 Å². The van der Waals surface area contributed by atoms with Gasteiger partial charge in [0.25, 0.3) is 0 Å². The first-order chi connectivity index (χ1) is 12.6. The normalized spacial score (nSPS) is 21.2. The minimum absolute atomic E-state index is 0.0573. The molecule has 1 saturated carbocycles. The summed E-state index contributed by atoms with van der Waals surface area (Å²) in [5, 5.41) is 2.91. The number of fused-ring (bicyclic) bond motifs is 2. The summed E-state index contributed by atoms with van der Waals surface area (Å²) in [4.78, 5) is 41.2. The average Bonchev–Trinajstić information content (AvgIpc) is 3.29. The van der Waals surface area contributed by atoms with Crippen LogP contribution in [0.4, 0.5) is 10.5 Å². The van der Waals surface area contributed by atoms with Gasteiger partial charge in [0.1, 0.15) is 16.6 Å². The molecule has 1 N–H and O–H groups in total. The number of carbonyl (C=O) groups excluding carboxylic acids is 3. The summed E-state index contributed by atoms with van der Waals surface area (Å²) >= 11 is 0. The lowest BCUT2D eigenvalue weighted by Gasteiger charge is -2.48. The van der Waals surface area contributed by atoms with Crippen molar-refractivity contribution in [3.8, 4) is 0 Å². The molecule has 0 radical (unpaired) electrons. The van der Waals surface area contributed by atoms with Gasteiger partial charge in [0.2, 0.25) is 11.8 Å². The zero-order chi connectivity index (χ0) is 19.6. The van der Waals surface area contributed by atoms with Crippen molar-refractivity contribution in [3.05, 3.63) is 29.8 Å². The molecule has 1 spiro atoms. The lowest BCUT2D eigenvalue weighted by Crippen LogP contribution is -2.67. The van der Waals surface area contributed by atoms with Gasteiger partial charge in [0.05, 0.1) is 0 Å². The number of ether oxygens (including phenoxy) is 1. The lowest BCUT2D eigenvalue weighted by atomic mass is 9.74. The molecule has 1 aromatic rings. The Hall–Kier alpha value is -2.57. The second kappa shape index (κ2) is 5.47. The maximum absolute atomic E-state index is 13.1. The third kappa shape index (κ3) is 2.59. The van der Waals surface area contributed by atoms with Crippen molar-refractivity contribution in [2.75, 3.05) is 25.5 Å². The number of likely N-dealkylation sites (N-methyl/N-ethyl adjacent to an activating group) is 1. The van der Waals surface area contributed by atoms with Crippen LogP contribution in [0, 0.1) is 0 Å². The quantitative estimate of drug-likeness (QED) is 0.864. The Morgan fingerprint density at radius 1 is 1.19 bits per heavy atom. The summed E-state index contributed by atoms with van der Waals surface area (Å²) in [5.41, 5.74) is -0.339. The van der Waals surface area contributed by atoms with Crippen molar-refractivity contribution in [3.63, 3.8) is 0 Å². The Morgan fingerprint density at radius 3 is 2.41 bits per heavy atom. The number of anilines is 1. The van der Waals surface area contributed by atoms with Crippen LogP contribution >= 0.6 is 0 Å². The number of benzene rings is 1. The summed E-state index contributed by atoms with van der Waals surface area (Å²) < 4.78 is 5.42. The number of likely N-dealkylation sites (tertiary alicyclic amines) is 1. The molecule has 4 rings (SSSR count). The van der Waals surface area contributed by atoms with Crippen LogP contribution in [0.1, 0.15) is 39.2 Å². The van der Waals surface area contributed by atoms with Gasteiger partial charge in [-0.25, -0.2) is 4.79 Å². The monoisotopic (exact) mass is 371 g/mol.